The van der Waals surface area contributed by atoms with Crippen molar-refractivity contribution in [1.82, 2.24) is 0 Å². The predicted octanol–water partition coefficient (Wildman–Crippen LogP) is 8.39. The van der Waals surface area contributed by atoms with Gasteiger partial charge < -0.3 is 39.4 Å². The predicted molar refractivity (Wildman–Crippen MR) is 206 cm³/mol. The van der Waals surface area contributed by atoms with Gasteiger partial charge in [-0.3, -0.25) is 9.59 Å². The first-order valence-corrected chi connectivity index (χ1v) is 21.3. The van der Waals surface area contributed by atoms with E-state index in [4.69, 9.17) is 18.9 Å². The lowest BCUT2D eigenvalue weighted by atomic mass is 9.99. The van der Waals surface area contributed by atoms with Gasteiger partial charge in [0.1, 0.15) is 31.0 Å². The Hall–Kier alpha value is -1.56. The van der Waals surface area contributed by atoms with Crippen LogP contribution in [0.15, 0.2) is 12.2 Å². The molecular weight excluding hydrogens is 664 g/mol. The summed E-state index contributed by atoms with van der Waals surface area (Å²) in [6.07, 6.45) is 26.6. The SMILES string of the molecule is CCCCCCCCCCCCC/C=C/CCC(=O)O[C@H](COC(=O)CCCCCCCCCCCCCC)CO[C@@H]1O[C@H](CO)[C@H](O)C(O)C1O. The zero-order chi connectivity index (χ0) is 38.1. The molecule has 1 aliphatic rings. The maximum atomic E-state index is 12.7. The number of ether oxygens (including phenoxy) is 4. The van der Waals surface area contributed by atoms with Crippen LogP contribution in [-0.4, -0.2) is 89.0 Å². The second kappa shape index (κ2) is 34.0. The molecule has 306 valence electrons. The molecule has 0 spiro atoms. The largest absolute Gasteiger partial charge is 0.462 e. The van der Waals surface area contributed by atoms with Crippen LogP contribution in [0.5, 0.6) is 0 Å². The number of aliphatic hydroxyl groups is 4. The number of esters is 2. The number of rotatable bonds is 35. The summed E-state index contributed by atoms with van der Waals surface area (Å²) in [4.78, 5) is 25.2. The standard InChI is InChI=1S/C42H78O10/c1-3-5-7-9-11-13-15-17-18-19-21-23-25-27-29-31-38(45)51-35(34-50-42-41(48)40(47)39(46)36(32-43)52-42)33-49-37(44)30-28-26-24-22-20-16-14-12-10-8-6-4-2/h25,27,35-36,39-43,46-48H,3-24,26,28-34H2,1-2H3/b27-25+/t35-,36-,39+,40?,41?,42-/m1/s1. The Morgan fingerprint density at radius 1 is 0.577 bits per heavy atom. The summed E-state index contributed by atoms with van der Waals surface area (Å²) >= 11 is 0. The molecule has 0 aliphatic carbocycles. The van der Waals surface area contributed by atoms with Crippen LogP contribution in [0.2, 0.25) is 0 Å². The second-order valence-corrected chi connectivity index (χ2v) is 14.8. The molecule has 1 heterocycles. The van der Waals surface area contributed by atoms with Gasteiger partial charge in [-0.2, -0.15) is 0 Å². The highest BCUT2D eigenvalue weighted by Gasteiger charge is 2.44. The highest BCUT2D eigenvalue weighted by molar-refractivity contribution is 5.70. The van der Waals surface area contributed by atoms with E-state index in [2.05, 4.69) is 19.9 Å². The normalized spacial score (nSPS) is 21.1. The number of hydrogen-bond donors (Lipinski definition) is 4. The summed E-state index contributed by atoms with van der Waals surface area (Å²) in [6.45, 7) is 3.39. The summed E-state index contributed by atoms with van der Waals surface area (Å²) < 4.78 is 22.1. The molecule has 0 saturated carbocycles. The number of hydrogen-bond acceptors (Lipinski definition) is 10. The number of unbranched alkanes of at least 4 members (excludes halogenated alkanes) is 22. The average molecular weight is 743 g/mol. The summed E-state index contributed by atoms with van der Waals surface area (Å²) in [7, 11) is 0. The molecule has 1 rings (SSSR count). The molecule has 0 aromatic rings. The topological polar surface area (TPSA) is 152 Å². The Morgan fingerprint density at radius 3 is 1.58 bits per heavy atom. The van der Waals surface area contributed by atoms with Crippen LogP contribution in [0, 0.1) is 0 Å². The van der Waals surface area contributed by atoms with E-state index < -0.39 is 49.4 Å². The van der Waals surface area contributed by atoms with Gasteiger partial charge in [0, 0.05) is 12.8 Å². The van der Waals surface area contributed by atoms with E-state index in [0.717, 1.165) is 32.1 Å². The van der Waals surface area contributed by atoms with E-state index in [-0.39, 0.29) is 32.0 Å². The van der Waals surface area contributed by atoms with Gasteiger partial charge in [-0.15, -0.1) is 0 Å². The third kappa shape index (κ3) is 25.5. The molecule has 4 N–H and O–H groups in total. The molecule has 52 heavy (non-hydrogen) atoms. The average Bonchev–Trinajstić information content (AvgIpc) is 3.14. The Labute approximate surface area is 316 Å². The molecule has 0 radical (unpaired) electrons. The Balaban J connectivity index is 2.37. The smallest absolute Gasteiger partial charge is 0.306 e. The van der Waals surface area contributed by atoms with Crippen molar-refractivity contribution in [3.8, 4) is 0 Å². The molecule has 10 nitrogen and oxygen atoms in total. The monoisotopic (exact) mass is 743 g/mol. The summed E-state index contributed by atoms with van der Waals surface area (Å²) in [5, 5.41) is 40.0. The van der Waals surface area contributed by atoms with Gasteiger partial charge >= 0.3 is 11.9 Å². The molecule has 10 heteroatoms. The van der Waals surface area contributed by atoms with E-state index in [1.165, 1.54) is 122 Å². The van der Waals surface area contributed by atoms with E-state index in [1.54, 1.807) is 0 Å². The van der Waals surface area contributed by atoms with Crippen LogP contribution in [0.25, 0.3) is 0 Å². The molecule has 0 aromatic heterocycles. The molecule has 0 aromatic carbocycles. The maximum Gasteiger partial charge on any atom is 0.306 e. The first-order chi connectivity index (χ1) is 25.3. The van der Waals surface area contributed by atoms with Gasteiger partial charge in [0.25, 0.3) is 0 Å². The van der Waals surface area contributed by atoms with Crippen molar-refractivity contribution in [3.05, 3.63) is 12.2 Å². The molecule has 1 saturated heterocycles. The van der Waals surface area contributed by atoms with Gasteiger partial charge in [-0.05, 0) is 25.7 Å². The first kappa shape index (κ1) is 48.5. The van der Waals surface area contributed by atoms with Gasteiger partial charge in [0.05, 0.1) is 13.2 Å². The van der Waals surface area contributed by atoms with Crippen LogP contribution < -0.4 is 0 Å². The highest BCUT2D eigenvalue weighted by atomic mass is 16.7. The third-order valence-corrected chi connectivity index (χ3v) is 9.91. The van der Waals surface area contributed by atoms with Crippen LogP contribution in [-0.2, 0) is 28.5 Å². The highest BCUT2D eigenvalue weighted by Crippen LogP contribution is 2.22. The van der Waals surface area contributed by atoms with Crippen molar-refractivity contribution >= 4 is 11.9 Å². The Bertz CT molecular complexity index is 866. The molecule has 1 aliphatic heterocycles. The van der Waals surface area contributed by atoms with Crippen molar-refractivity contribution in [1.29, 1.82) is 0 Å². The summed E-state index contributed by atoms with van der Waals surface area (Å²) in [5.41, 5.74) is 0. The summed E-state index contributed by atoms with van der Waals surface area (Å²) in [6, 6.07) is 0. The number of allylic oxidation sites excluding steroid dienone is 2. The second-order valence-electron chi connectivity index (χ2n) is 14.8. The lowest BCUT2D eigenvalue weighted by molar-refractivity contribution is -0.305. The van der Waals surface area contributed by atoms with Crippen LogP contribution >= 0.6 is 0 Å². The van der Waals surface area contributed by atoms with Crippen molar-refractivity contribution in [3.63, 3.8) is 0 Å². The van der Waals surface area contributed by atoms with Crippen molar-refractivity contribution in [2.24, 2.45) is 0 Å². The van der Waals surface area contributed by atoms with Crippen LogP contribution in [0.3, 0.4) is 0 Å². The van der Waals surface area contributed by atoms with E-state index in [1.807, 2.05) is 6.08 Å². The molecule has 1 fully saturated rings. The van der Waals surface area contributed by atoms with Gasteiger partial charge in [0.15, 0.2) is 12.4 Å². The number of carbonyl (C=O) groups excluding carboxylic acids is 2. The van der Waals surface area contributed by atoms with E-state index in [0.29, 0.717) is 6.42 Å². The fourth-order valence-electron chi connectivity index (χ4n) is 6.50. The van der Waals surface area contributed by atoms with Crippen LogP contribution in [0.4, 0.5) is 0 Å². The molecule has 2 unspecified atom stereocenters. The number of aliphatic hydroxyl groups excluding tert-OH is 4. The molecule has 0 bridgehead atoms. The zero-order valence-electron chi connectivity index (χ0n) is 33.1. The van der Waals surface area contributed by atoms with Gasteiger partial charge in [0.2, 0.25) is 0 Å². The molecule has 0 amide bonds. The Kier molecular flexibility index (Phi) is 31.7. The quantitative estimate of drug-likeness (QED) is 0.0283. The Morgan fingerprint density at radius 2 is 1.06 bits per heavy atom. The fraction of sp³-hybridized carbons (Fsp3) is 0.905. The van der Waals surface area contributed by atoms with Crippen molar-refractivity contribution < 1.29 is 49.0 Å². The van der Waals surface area contributed by atoms with Crippen LogP contribution in [0.1, 0.15) is 187 Å². The van der Waals surface area contributed by atoms with E-state index in [9.17, 15) is 30.0 Å². The minimum atomic E-state index is -1.60. The van der Waals surface area contributed by atoms with Gasteiger partial charge in [-0.1, -0.05) is 161 Å². The maximum absolute atomic E-state index is 12.7. The molecule has 6 atom stereocenters. The fourth-order valence-corrected chi connectivity index (χ4v) is 6.50. The minimum Gasteiger partial charge on any atom is -0.462 e. The number of carbonyl (C=O) groups is 2. The lowest BCUT2D eigenvalue weighted by Gasteiger charge is -2.39. The third-order valence-electron chi connectivity index (χ3n) is 9.91. The van der Waals surface area contributed by atoms with Gasteiger partial charge in [-0.25, -0.2) is 0 Å². The van der Waals surface area contributed by atoms with E-state index >= 15 is 0 Å². The lowest BCUT2D eigenvalue weighted by Crippen LogP contribution is -2.59. The van der Waals surface area contributed by atoms with Crippen molar-refractivity contribution in [2.45, 2.75) is 224 Å². The zero-order valence-corrected chi connectivity index (χ0v) is 33.1. The summed E-state index contributed by atoms with van der Waals surface area (Å²) in [5.74, 6) is -0.856. The molecular formula is C42H78O10. The van der Waals surface area contributed by atoms with Crippen molar-refractivity contribution in [2.75, 3.05) is 19.8 Å². The first-order valence-electron chi connectivity index (χ1n) is 21.3. The minimum absolute atomic E-state index is 0.151.